The van der Waals surface area contributed by atoms with Crippen molar-refractivity contribution < 1.29 is 32.6 Å². The van der Waals surface area contributed by atoms with Crippen LogP contribution < -0.4 is 31.9 Å². The third-order valence-electron chi connectivity index (χ3n) is 9.72. The van der Waals surface area contributed by atoms with Crippen molar-refractivity contribution in [1.82, 2.24) is 36.9 Å². The van der Waals surface area contributed by atoms with Crippen molar-refractivity contribution in [2.75, 3.05) is 25.5 Å². The number of carbonyl (C=O) groups is 3. The van der Waals surface area contributed by atoms with Crippen LogP contribution in [-0.2, 0) is 40.6 Å². The number of amides is 2. The van der Waals surface area contributed by atoms with Crippen molar-refractivity contribution in [2.24, 2.45) is 11.8 Å². The molecule has 1 aromatic rings. The van der Waals surface area contributed by atoms with Crippen LogP contribution in [0.25, 0.3) is 0 Å². The zero-order valence-corrected chi connectivity index (χ0v) is 32.5. The molecule has 49 heavy (non-hydrogen) atoms. The summed E-state index contributed by atoms with van der Waals surface area (Å²) < 4.78 is 0. The molecule has 11 nitrogen and oxygen atoms in total. The number of rotatable bonds is 12. The average molecular weight is 786 g/mol. The van der Waals surface area contributed by atoms with Crippen LogP contribution in [0.3, 0.4) is 0 Å². The van der Waals surface area contributed by atoms with Crippen LogP contribution in [-0.4, -0.2) is 77.6 Å². The number of hydrogen-bond donors (Lipinski definition) is 7. The second-order valence-corrected chi connectivity index (χ2v) is 16.4. The number of thioether (sulfide) groups is 1. The molecule has 1 aromatic heterocycles. The van der Waals surface area contributed by atoms with Crippen LogP contribution in [0.5, 0.6) is 0 Å². The van der Waals surface area contributed by atoms with Crippen molar-refractivity contribution in [3.63, 3.8) is 0 Å². The Balaban J connectivity index is 0.00000209. The molecular weight excluding hydrogens is 728 g/mol. The van der Waals surface area contributed by atoms with Gasteiger partial charge in [0, 0.05) is 61.2 Å². The maximum atomic E-state index is 12.8. The Hall–Kier alpha value is -1.15. The van der Waals surface area contributed by atoms with E-state index in [0.29, 0.717) is 43.7 Å². The Morgan fingerprint density at radius 2 is 1.43 bits per heavy atom. The third-order valence-corrected chi connectivity index (χ3v) is 10.7. The fourth-order valence-corrected chi connectivity index (χ4v) is 7.86. The minimum absolute atomic E-state index is 0.00694. The summed E-state index contributed by atoms with van der Waals surface area (Å²) in [5.74, 6) is -2.04. The maximum absolute atomic E-state index is 12.8. The number of nitrogens with one attached hydrogen (secondary N) is 6. The molecule has 4 rings (SSSR count). The van der Waals surface area contributed by atoms with E-state index in [1.807, 2.05) is 6.92 Å². The van der Waals surface area contributed by atoms with Crippen LogP contribution in [0.1, 0.15) is 102 Å². The van der Waals surface area contributed by atoms with Crippen LogP contribution in [0.4, 0.5) is 0 Å². The number of carboxylic acid groups (broad SMARTS) is 1. The van der Waals surface area contributed by atoms with Gasteiger partial charge in [0.05, 0.1) is 29.7 Å². The summed E-state index contributed by atoms with van der Waals surface area (Å²) in [4.78, 5) is 42.9. The predicted molar refractivity (Wildman–Crippen MR) is 194 cm³/mol. The number of hydrogen-bond acceptors (Lipinski definition) is 9. The normalized spacial score (nSPS) is 24.2. The molecule has 2 amide bonds. The summed E-state index contributed by atoms with van der Waals surface area (Å²) in [6.45, 7) is 7.03. The summed E-state index contributed by atoms with van der Waals surface area (Å²) in [6, 6.07) is 5.93. The zero-order chi connectivity index (χ0) is 35.4. The molecule has 2 unspecified atom stereocenters. The van der Waals surface area contributed by atoms with E-state index in [1.54, 1.807) is 6.92 Å². The summed E-state index contributed by atoms with van der Waals surface area (Å²) >= 11 is 1.48. The van der Waals surface area contributed by atoms with Gasteiger partial charge in [0.1, 0.15) is 0 Å². The molecule has 0 aromatic carbocycles. The van der Waals surface area contributed by atoms with Crippen LogP contribution in [0.2, 0.25) is 0 Å². The topological polar surface area (TPSA) is 157 Å². The first kappa shape index (κ1) is 42.3. The van der Waals surface area contributed by atoms with Gasteiger partial charge in [-0.1, -0.05) is 52.4 Å². The van der Waals surface area contributed by atoms with Crippen molar-refractivity contribution in [2.45, 2.75) is 133 Å². The molecule has 2 saturated carbocycles. The van der Waals surface area contributed by atoms with E-state index in [2.05, 4.69) is 44.0 Å². The van der Waals surface area contributed by atoms with Crippen molar-refractivity contribution in [1.29, 1.82) is 0 Å². The fraction of sp³-hybridized carbons (Fsp3) is 0.765. The van der Waals surface area contributed by atoms with E-state index in [4.69, 9.17) is 25.2 Å². The van der Waals surface area contributed by atoms with Gasteiger partial charge in [-0.2, -0.15) is 0 Å². The van der Waals surface area contributed by atoms with Gasteiger partial charge < -0.3 is 37.0 Å². The first-order valence-corrected chi connectivity index (χ1v) is 22.2. The predicted octanol–water partition coefficient (Wildman–Crippen LogP) is 4.65. The zero-order valence-electron chi connectivity index (χ0n) is 29.0. The van der Waals surface area contributed by atoms with Gasteiger partial charge in [0.2, 0.25) is 11.8 Å². The van der Waals surface area contributed by atoms with Gasteiger partial charge in [0.25, 0.3) is 0 Å². The Morgan fingerprint density at radius 3 is 1.92 bits per heavy atom. The second-order valence-electron chi connectivity index (χ2n) is 13.4. The van der Waals surface area contributed by atoms with Gasteiger partial charge in [-0.05, 0) is 50.7 Å². The molecule has 0 spiro atoms. The molecule has 2 heterocycles. The number of unbranched alkanes of at least 4 members (excludes halogenated alkanes) is 1. The molecule has 3 aliphatic rings. The average Bonchev–Trinajstić information content (AvgIpc) is 3.10. The molecule has 2 aliphatic carbocycles. The molecule has 6 atom stereocenters. The molecular formula is C34H57Cl2MnN7O4S. The SMILES string of the molecule is CCCCC(CC(C)C(=O)O)C(=O)NCNC(=O)CSc1cc2nc(c1)CN[C@@H]1CCCC[C@H]1NCCN[C@@H]1CCCC[C@H]1NC2.[Cl][Mn][Cl]. The van der Waals surface area contributed by atoms with E-state index < -0.39 is 11.9 Å². The summed E-state index contributed by atoms with van der Waals surface area (Å²) in [7, 11) is 9.59. The van der Waals surface area contributed by atoms with Crippen molar-refractivity contribution >= 4 is 49.7 Å². The van der Waals surface area contributed by atoms with Gasteiger partial charge >= 0.3 is 39.3 Å². The van der Waals surface area contributed by atoms with Gasteiger partial charge in [0.15, 0.2) is 0 Å². The van der Waals surface area contributed by atoms with Crippen LogP contribution >= 0.6 is 32.0 Å². The number of carboxylic acids is 1. The number of carbonyl (C=O) groups excluding carboxylic acids is 2. The number of pyridine rings is 1. The molecule has 0 saturated heterocycles. The van der Waals surface area contributed by atoms with Crippen LogP contribution in [0, 0.1) is 11.8 Å². The van der Waals surface area contributed by atoms with E-state index in [-0.39, 0.29) is 49.7 Å². The molecule has 15 heteroatoms. The molecule has 1 aliphatic heterocycles. The number of aromatic nitrogens is 1. The molecule has 2 bridgehead atoms. The number of nitrogens with zero attached hydrogens (tertiary/aromatic N) is 1. The Morgan fingerprint density at radius 1 is 0.918 bits per heavy atom. The summed E-state index contributed by atoms with van der Waals surface area (Å²) in [6.07, 6.45) is 12.4. The number of aliphatic carboxylic acids is 1. The van der Waals surface area contributed by atoms with Gasteiger partial charge in [-0.15, -0.1) is 11.8 Å². The first-order valence-electron chi connectivity index (χ1n) is 17.9. The first-order chi connectivity index (χ1) is 23.7. The number of fused-ring (bicyclic) bond motifs is 4. The van der Waals surface area contributed by atoms with E-state index in [1.165, 1.54) is 50.3 Å². The third kappa shape index (κ3) is 16.0. The van der Waals surface area contributed by atoms with E-state index in [9.17, 15) is 19.5 Å². The minimum atomic E-state index is -0.899. The van der Waals surface area contributed by atoms with Crippen LogP contribution in [0.15, 0.2) is 17.0 Å². The summed E-state index contributed by atoms with van der Waals surface area (Å²) in [5, 5.41) is 30.1. The standard InChI is InChI=1S/C34H57N7O4S.2ClH.Mn/c1-3-4-9-24(16-23(2)34(44)45)33(43)40-22-39-32(42)21-46-27-17-25-19-37-30-12-7-5-10-28(30)35-14-15-36-29-11-6-8-13-31(29)38-20-26(18-27)41-25;;;/h17-18,23-24,28-31,35-38H,3-16,19-22H2,1-2H3,(H,39,42)(H,40,43)(H,44,45);2*1H;/q;;;+2/p-2/t23?,24?,28-,29-,30-,31-;;;/m1.../s1. The molecule has 279 valence electrons. The van der Waals surface area contributed by atoms with Crippen molar-refractivity contribution in [3.8, 4) is 0 Å². The van der Waals surface area contributed by atoms with E-state index in [0.717, 1.165) is 55.1 Å². The summed E-state index contributed by atoms with van der Waals surface area (Å²) in [5.41, 5.74) is 1.97. The van der Waals surface area contributed by atoms with E-state index >= 15 is 0 Å². The molecule has 0 radical (unpaired) electrons. The monoisotopic (exact) mass is 784 g/mol. The Kier molecular flexibility index (Phi) is 20.8. The Labute approximate surface area is 311 Å². The van der Waals surface area contributed by atoms with Gasteiger partial charge in [-0.25, -0.2) is 0 Å². The second kappa shape index (κ2) is 24.2. The van der Waals surface area contributed by atoms with Crippen molar-refractivity contribution in [3.05, 3.63) is 23.5 Å². The fourth-order valence-electron chi connectivity index (χ4n) is 7.02. The number of halogens is 2. The molecule has 7 N–H and O–H groups in total. The van der Waals surface area contributed by atoms with Gasteiger partial charge in [-0.3, -0.25) is 19.4 Å². The Bertz CT molecular complexity index is 1110. The quantitative estimate of drug-likeness (QED) is 0.0905. The molecule has 2 fully saturated rings.